The van der Waals surface area contributed by atoms with E-state index in [0.717, 1.165) is 11.5 Å². The highest BCUT2D eigenvalue weighted by atomic mass is 16.5. The predicted octanol–water partition coefficient (Wildman–Crippen LogP) is 1.98. The highest BCUT2D eigenvalue weighted by Crippen LogP contribution is 2.29. The van der Waals surface area contributed by atoms with E-state index >= 15 is 0 Å². The molecule has 2 aliphatic rings. The van der Waals surface area contributed by atoms with Crippen LogP contribution in [0.15, 0.2) is 28.8 Å². The van der Waals surface area contributed by atoms with E-state index in [1.54, 1.807) is 11.1 Å². The van der Waals surface area contributed by atoms with Crippen LogP contribution in [0.5, 0.6) is 0 Å². The van der Waals surface area contributed by atoms with Crippen molar-refractivity contribution in [2.45, 2.75) is 40.7 Å². The first-order chi connectivity index (χ1) is 8.80. The van der Waals surface area contributed by atoms with Crippen LogP contribution in [0.2, 0.25) is 0 Å². The molecule has 0 aliphatic carbocycles. The van der Waals surface area contributed by atoms with Gasteiger partial charge in [0.2, 0.25) is 11.8 Å². The van der Waals surface area contributed by atoms with Gasteiger partial charge in [-0.2, -0.15) is 0 Å². The highest BCUT2D eigenvalue weighted by Gasteiger charge is 2.37. The van der Waals surface area contributed by atoms with Gasteiger partial charge in [-0.25, -0.2) is 9.89 Å². The van der Waals surface area contributed by atoms with Gasteiger partial charge in [0.15, 0.2) is 5.84 Å². The molecule has 0 bridgehead atoms. The fraction of sp³-hybridized carbons (Fsp3) is 0.571. The summed E-state index contributed by atoms with van der Waals surface area (Å²) in [6, 6.07) is 0. The number of rotatable bonds is 2. The number of hydrogen-bond acceptors (Lipinski definition) is 4. The van der Waals surface area contributed by atoms with Crippen LogP contribution >= 0.6 is 0 Å². The highest BCUT2D eigenvalue weighted by molar-refractivity contribution is 6.05. The number of fused-ring (bicyclic) bond motifs is 1. The lowest BCUT2D eigenvalue weighted by Crippen LogP contribution is -2.43. The Kier molecular flexibility index (Phi) is 3.39. The summed E-state index contributed by atoms with van der Waals surface area (Å²) in [4.78, 5) is 18.6. The first kappa shape index (κ1) is 13.6. The summed E-state index contributed by atoms with van der Waals surface area (Å²) < 4.78 is 5.72. The third kappa shape index (κ3) is 2.64. The SMILES string of the molecule is CC(C)OC1=CN=C2NCC=C2N1C(=O)C(C)(C)C. The maximum absolute atomic E-state index is 12.6. The Morgan fingerprint density at radius 3 is 2.74 bits per heavy atom. The van der Waals surface area contributed by atoms with Crippen LogP contribution in [0.4, 0.5) is 0 Å². The fourth-order valence-corrected chi connectivity index (χ4v) is 1.91. The van der Waals surface area contributed by atoms with Crippen molar-refractivity contribution in [3.8, 4) is 0 Å². The number of nitrogens with one attached hydrogen (secondary N) is 1. The lowest BCUT2D eigenvalue weighted by atomic mass is 9.94. The first-order valence-electron chi connectivity index (χ1n) is 6.54. The summed E-state index contributed by atoms with van der Waals surface area (Å²) in [7, 11) is 0. The molecule has 0 saturated heterocycles. The Hall–Kier alpha value is -1.78. The van der Waals surface area contributed by atoms with Gasteiger partial charge in [-0.05, 0) is 19.9 Å². The van der Waals surface area contributed by atoms with E-state index in [0.29, 0.717) is 12.4 Å². The van der Waals surface area contributed by atoms with Crippen molar-refractivity contribution in [1.29, 1.82) is 0 Å². The van der Waals surface area contributed by atoms with Crippen molar-refractivity contribution < 1.29 is 9.53 Å². The van der Waals surface area contributed by atoms with E-state index in [-0.39, 0.29) is 12.0 Å². The number of amidine groups is 1. The smallest absolute Gasteiger partial charge is 0.239 e. The minimum Gasteiger partial charge on any atom is -0.475 e. The van der Waals surface area contributed by atoms with Crippen LogP contribution in [-0.2, 0) is 9.53 Å². The van der Waals surface area contributed by atoms with Gasteiger partial charge < -0.3 is 10.1 Å². The summed E-state index contributed by atoms with van der Waals surface area (Å²) in [5.74, 6) is 1.23. The molecule has 0 unspecified atom stereocenters. The summed E-state index contributed by atoms with van der Waals surface area (Å²) >= 11 is 0. The van der Waals surface area contributed by atoms with Crippen LogP contribution in [-0.4, -0.2) is 29.3 Å². The average Bonchev–Trinajstić information content (AvgIpc) is 2.73. The molecule has 0 aromatic carbocycles. The van der Waals surface area contributed by atoms with Crippen molar-refractivity contribution >= 4 is 11.7 Å². The Morgan fingerprint density at radius 2 is 2.16 bits per heavy atom. The molecule has 1 amide bonds. The second-order valence-corrected chi connectivity index (χ2v) is 5.97. The van der Waals surface area contributed by atoms with Crippen molar-refractivity contribution in [2.75, 3.05) is 6.54 Å². The third-order valence-corrected chi connectivity index (χ3v) is 2.77. The molecule has 0 saturated carbocycles. The first-order valence-corrected chi connectivity index (χ1v) is 6.54. The standard InChI is InChI=1S/C14H21N3O2/c1-9(2)19-11-8-16-12-10(6-7-15-12)17(11)13(18)14(3,4)5/h6,8-9H,7H2,1-5H3,(H,15,16). The van der Waals surface area contributed by atoms with Crippen molar-refractivity contribution in [2.24, 2.45) is 10.4 Å². The second-order valence-electron chi connectivity index (χ2n) is 5.97. The number of nitrogens with zero attached hydrogens (tertiary/aromatic N) is 2. The van der Waals surface area contributed by atoms with Gasteiger partial charge in [0.25, 0.3) is 0 Å². The van der Waals surface area contributed by atoms with Gasteiger partial charge >= 0.3 is 0 Å². The Labute approximate surface area is 114 Å². The minimum absolute atomic E-state index is 0.00162. The summed E-state index contributed by atoms with van der Waals surface area (Å²) in [5, 5.41) is 3.13. The van der Waals surface area contributed by atoms with E-state index in [9.17, 15) is 4.79 Å². The fourth-order valence-electron chi connectivity index (χ4n) is 1.91. The number of aliphatic imine (C=N–C) groups is 1. The molecule has 2 rings (SSSR count). The van der Waals surface area contributed by atoms with Gasteiger partial charge in [-0.1, -0.05) is 20.8 Å². The van der Waals surface area contributed by atoms with Gasteiger partial charge in [-0.3, -0.25) is 4.79 Å². The van der Waals surface area contributed by atoms with E-state index in [4.69, 9.17) is 4.74 Å². The minimum atomic E-state index is -0.481. The molecular weight excluding hydrogens is 242 g/mol. The summed E-state index contributed by atoms with van der Waals surface area (Å²) in [6.45, 7) is 10.2. The topological polar surface area (TPSA) is 53.9 Å². The van der Waals surface area contributed by atoms with E-state index in [1.807, 2.05) is 40.7 Å². The Bertz CT molecular complexity index is 481. The molecule has 0 atom stereocenters. The van der Waals surface area contributed by atoms with E-state index in [2.05, 4.69) is 10.3 Å². The Morgan fingerprint density at radius 1 is 1.47 bits per heavy atom. The van der Waals surface area contributed by atoms with Crippen molar-refractivity contribution in [1.82, 2.24) is 10.2 Å². The van der Waals surface area contributed by atoms with E-state index in [1.165, 1.54) is 0 Å². The molecule has 2 aliphatic heterocycles. The zero-order valence-corrected chi connectivity index (χ0v) is 12.2. The van der Waals surface area contributed by atoms with Gasteiger partial charge in [0.1, 0.15) is 0 Å². The van der Waals surface area contributed by atoms with Crippen molar-refractivity contribution in [3.05, 3.63) is 23.9 Å². The van der Waals surface area contributed by atoms with Crippen LogP contribution < -0.4 is 5.32 Å². The van der Waals surface area contributed by atoms with Crippen LogP contribution in [0, 0.1) is 5.41 Å². The molecular formula is C14H21N3O2. The maximum atomic E-state index is 12.6. The average molecular weight is 263 g/mol. The zero-order chi connectivity index (χ0) is 14.2. The van der Waals surface area contributed by atoms with E-state index < -0.39 is 5.41 Å². The lowest BCUT2D eigenvalue weighted by Gasteiger charge is -2.33. The predicted molar refractivity (Wildman–Crippen MR) is 74.1 cm³/mol. The molecule has 5 nitrogen and oxygen atoms in total. The van der Waals surface area contributed by atoms with Gasteiger partial charge in [-0.15, -0.1) is 0 Å². The molecule has 0 fully saturated rings. The van der Waals surface area contributed by atoms with Crippen LogP contribution in [0.1, 0.15) is 34.6 Å². The molecule has 5 heteroatoms. The van der Waals surface area contributed by atoms with Crippen LogP contribution in [0.3, 0.4) is 0 Å². The molecule has 0 aromatic rings. The molecule has 0 aromatic heterocycles. The quantitative estimate of drug-likeness (QED) is 0.829. The summed E-state index contributed by atoms with van der Waals surface area (Å²) in [5.41, 5.74) is 0.309. The molecule has 0 spiro atoms. The number of amides is 1. The third-order valence-electron chi connectivity index (χ3n) is 2.77. The monoisotopic (exact) mass is 263 g/mol. The molecule has 104 valence electrons. The molecule has 0 radical (unpaired) electrons. The second kappa shape index (κ2) is 4.72. The molecule has 2 heterocycles. The number of hydrogen-bond donors (Lipinski definition) is 1. The molecule has 1 N–H and O–H groups in total. The van der Waals surface area contributed by atoms with Crippen molar-refractivity contribution in [3.63, 3.8) is 0 Å². The summed E-state index contributed by atoms with van der Waals surface area (Å²) in [6.07, 6.45) is 3.56. The Balaban J connectivity index is 2.38. The van der Waals surface area contributed by atoms with Gasteiger partial charge in [0, 0.05) is 12.0 Å². The zero-order valence-electron chi connectivity index (χ0n) is 12.2. The molecule has 19 heavy (non-hydrogen) atoms. The maximum Gasteiger partial charge on any atom is 0.239 e. The number of carbonyl (C=O) groups excluding carboxylic acids is 1. The largest absolute Gasteiger partial charge is 0.475 e. The normalized spacial score (nSPS) is 18.4. The lowest BCUT2D eigenvalue weighted by molar-refractivity contribution is -0.138. The van der Waals surface area contributed by atoms with Gasteiger partial charge in [0.05, 0.1) is 18.0 Å². The van der Waals surface area contributed by atoms with Crippen LogP contribution in [0.25, 0.3) is 0 Å². The number of ether oxygens (including phenoxy) is 1. The number of carbonyl (C=O) groups is 1.